The molecular weight excluding hydrogens is 248 g/mol. The van der Waals surface area contributed by atoms with Crippen LogP contribution in [0.5, 0.6) is 0 Å². The second kappa shape index (κ2) is 5.65. The Morgan fingerprint density at radius 2 is 1.95 bits per heavy atom. The summed E-state index contributed by atoms with van der Waals surface area (Å²) >= 11 is 0. The summed E-state index contributed by atoms with van der Waals surface area (Å²) in [4.78, 5) is 8.75. The van der Waals surface area contributed by atoms with Crippen LogP contribution in [0.15, 0.2) is 30.7 Å². The molecule has 1 aliphatic rings. The number of nitrogens with zero attached hydrogens (tertiary/aromatic N) is 3. The standard InChI is InChI=1S/C16H22N4/c1-12-11-20(13(2)14-7-9-17-10-8-14)16(18-12)19-15-5-3-4-6-15/h7-11,13,15H,3-6H2,1-2H3,(H,18,19). The molecule has 0 spiro atoms. The summed E-state index contributed by atoms with van der Waals surface area (Å²) in [6, 6.07) is 4.99. The van der Waals surface area contributed by atoms with Crippen LogP contribution in [0, 0.1) is 6.92 Å². The minimum Gasteiger partial charge on any atom is -0.353 e. The monoisotopic (exact) mass is 270 g/mol. The number of aromatic nitrogens is 3. The molecule has 4 nitrogen and oxygen atoms in total. The van der Waals surface area contributed by atoms with Gasteiger partial charge in [0.2, 0.25) is 5.95 Å². The molecule has 2 heterocycles. The Kier molecular flexibility index (Phi) is 3.72. The van der Waals surface area contributed by atoms with E-state index in [1.54, 1.807) is 0 Å². The van der Waals surface area contributed by atoms with E-state index >= 15 is 0 Å². The van der Waals surface area contributed by atoms with E-state index in [1.165, 1.54) is 31.2 Å². The highest BCUT2D eigenvalue weighted by molar-refractivity contribution is 5.33. The molecule has 1 fully saturated rings. The molecule has 1 unspecified atom stereocenters. The van der Waals surface area contributed by atoms with Crippen LogP contribution in [0.25, 0.3) is 0 Å². The summed E-state index contributed by atoms with van der Waals surface area (Å²) in [6.45, 7) is 4.26. The highest BCUT2D eigenvalue weighted by Crippen LogP contribution is 2.26. The van der Waals surface area contributed by atoms with Crippen molar-refractivity contribution >= 4 is 5.95 Å². The van der Waals surface area contributed by atoms with Gasteiger partial charge < -0.3 is 9.88 Å². The van der Waals surface area contributed by atoms with E-state index in [-0.39, 0.29) is 6.04 Å². The lowest BCUT2D eigenvalue weighted by Gasteiger charge is -2.19. The molecule has 0 saturated heterocycles. The predicted octanol–water partition coefficient (Wildman–Crippen LogP) is 3.55. The minimum atomic E-state index is 0.267. The molecule has 1 aliphatic carbocycles. The van der Waals surface area contributed by atoms with Crippen molar-refractivity contribution in [3.8, 4) is 0 Å². The van der Waals surface area contributed by atoms with Crippen molar-refractivity contribution < 1.29 is 0 Å². The van der Waals surface area contributed by atoms with Gasteiger partial charge in [-0.3, -0.25) is 4.98 Å². The highest BCUT2D eigenvalue weighted by atomic mass is 15.2. The molecule has 0 amide bonds. The zero-order chi connectivity index (χ0) is 13.9. The lowest BCUT2D eigenvalue weighted by molar-refractivity contribution is 0.629. The molecule has 0 radical (unpaired) electrons. The fourth-order valence-corrected chi connectivity index (χ4v) is 2.97. The van der Waals surface area contributed by atoms with Crippen molar-refractivity contribution in [2.45, 2.75) is 51.6 Å². The summed E-state index contributed by atoms with van der Waals surface area (Å²) in [6.07, 6.45) is 11.0. The average molecular weight is 270 g/mol. The molecule has 106 valence electrons. The molecule has 0 aromatic carbocycles. The molecule has 0 aliphatic heterocycles. The third-order valence-corrected chi connectivity index (χ3v) is 4.15. The molecule has 20 heavy (non-hydrogen) atoms. The second-order valence-corrected chi connectivity index (χ2v) is 5.70. The maximum Gasteiger partial charge on any atom is 0.203 e. The Hall–Kier alpha value is -1.84. The van der Waals surface area contributed by atoms with Gasteiger partial charge in [0.25, 0.3) is 0 Å². The van der Waals surface area contributed by atoms with E-state index < -0.39 is 0 Å². The highest BCUT2D eigenvalue weighted by Gasteiger charge is 2.19. The number of anilines is 1. The molecule has 3 rings (SSSR count). The van der Waals surface area contributed by atoms with Crippen LogP contribution >= 0.6 is 0 Å². The van der Waals surface area contributed by atoms with Gasteiger partial charge in [0, 0.05) is 24.6 Å². The van der Waals surface area contributed by atoms with Gasteiger partial charge in [-0.15, -0.1) is 0 Å². The van der Waals surface area contributed by atoms with E-state index in [1.807, 2.05) is 12.4 Å². The van der Waals surface area contributed by atoms with Gasteiger partial charge in [0.05, 0.1) is 11.7 Å². The lowest BCUT2D eigenvalue weighted by atomic mass is 10.1. The fraction of sp³-hybridized carbons (Fsp3) is 0.500. The van der Waals surface area contributed by atoms with Crippen LogP contribution in [0.1, 0.15) is 49.9 Å². The molecular formula is C16H22N4. The maximum absolute atomic E-state index is 4.66. The van der Waals surface area contributed by atoms with E-state index in [0.29, 0.717) is 6.04 Å². The number of pyridine rings is 1. The Morgan fingerprint density at radius 1 is 1.25 bits per heavy atom. The van der Waals surface area contributed by atoms with Gasteiger partial charge in [-0.2, -0.15) is 0 Å². The molecule has 2 aromatic heterocycles. The zero-order valence-electron chi connectivity index (χ0n) is 12.2. The Labute approximate surface area is 120 Å². The summed E-state index contributed by atoms with van der Waals surface area (Å²) in [5.74, 6) is 0.999. The third-order valence-electron chi connectivity index (χ3n) is 4.15. The molecule has 1 atom stereocenters. The molecule has 1 saturated carbocycles. The smallest absolute Gasteiger partial charge is 0.203 e. The van der Waals surface area contributed by atoms with Gasteiger partial charge >= 0.3 is 0 Å². The van der Waals surface area contributed by atoms with Crippen LogP contribution in [0.3, 0.4) is 0 Å². The zero-order valence-corrected chi connectivity index (χ0v) is 12.2. The van der Waals surface area contributed by atoms with Gasteiger partial charge in [-0.05, 0) is 44.4 Å². The molecule has 4 heteroatoms. The van der Waals surface area contributed by atoms with Crippen molar-refractivity contribution in [3.05, 3.63) is 42.0 Å². The van der Waals surface area contributed by atoms with Crippen LogP contribution in [0.2, 0.25) is 0 Å². The van der Waals surface area contributed by atoms with Crippen LogP contribution in [-0.4, -0.2) is 20.6 Å². The van der Waals surface area contributed by atoms with Crippen molar-refractivity contribution in [2.75, 3.05) is 5.32 Å². The number of rotatable bonds is 4. The van der Waals surface area contributed by atoms with Crippen molar-refractivity contribution in [1.82, 2.24) is 14.5 Å². The molecule has 1 N–H and O–H groups in total. The lowest BCUT2D eigenvalue weighted by Crippen LogP contribution is -2.19. The predicted molar refractivity (Wildman–Crippen MR) is 80.9 cm³/mol. The van der Waals surface area contributed by atoms with Gasteiger partial charge in [-0.25, -0.2) is 4.98 Å². The van der Waals surface area contributed by atoms with Crippen LogP contribution in [0.4, 0.5) is 5.95 Å². The summed E-state index contributed by atoms with van der Waals surface area (Å²) in [5.41, 5.74) is 2.32. The Balaban J connectivity index is 1.85. The average Bonchev–Trinajstić information content (AvgIpc) is 3.09. The number of aryl methyl sites for hydroxylation is 1. The summed E-state index contributed by atoms with van der Waals surface area (Å²) in [5, 5.41) is 3.62. The van der Waals surface area contributed by atoms with Gasteiger partial charge in [0.1, 0.15) is 0 Å². The molecule has 0 bridgehead atoms. The maximum atomic E-state index is 4.66. The number of hydrogen-bond acceptors (Lipinski definition) is 3. The number of imidazole rings is 1. The quantitative estimate of drug-likeness (QED) is 0.924. The van der Waals surface area contributed by atoms with E-state index in [0.717, 1.165) is 11.6 Å². The van der Waals surface area contributed by atoms with Crippen LogP contribution < -0.4 is 5.32 Å². The van der Waals surface area contributed by atoms with Crippen molar-refractivity contribution in [3.63, 3.8) is 0 Å². The first-order valence-electron chi connectivity index (χ1n) is 7.46. The first-order chi connectivity index (χ1) is 9.74. The number of hydrogen-bond donors (Lipinski definition) is 1. The van der Waals surface area contributed by atoms with E-state index in [4.69, 9.17) is 0 Å². The molecule has 2 aromatic rings. The minimum absolute atomic E-state index is 0.267. The summed E-state index contributed by atoms with van der Waals surface area (Å²) < 4.78 is 2.24. The SMILES string of the molecule is Cc1cn(C(C)c2ccncc2)c(NC2CCCC2)n1. The van der Waals surface area contributed by atoms with Crippen LogP contribution in [-0.2, 0) is 0 Å². The first-order valence-corrected chi connectivity index (χ1v) is 7.46. The fourth-order valence-electron chi connectivity index (χ4n) is 2.97. The van der Waals surface area contributed by atoms with Crippen molar-refractivity contribution in [2.24, 2.45) is 0 Å². The normalized spacial score (nSPS) is 17.3. The van der Waals surface area contributed by atoms with E-state index in [2.05, 4.69) is 52.0 Å². The third kappa shape index (κ3) is 2.69. The van der Waals surface area contributed by atoms with Crippen molar-refractivity contribution in [1.29, 1.82) is 0 Å². The first kappa shape index (κ1) is 13.2. The number of nitrogens with one attached hydrogen (secondary N) is 1. The van der Waals surface area contributed by atoms with E-state index in [9.17, 15) is 0 Å². The Bertz CT molecular complexity index is 555. The van der Waals surface area contributed by atoms with Gasteiger partial charge in [-0.1, -0.05) is 12.8 Å². The second-order valence-electron chi connectivity index (χ2n) is 5.70. The Morgan fingerprint density at radius 3 is 2.65 bits per heavy atom. The van der Waals surface area contributed by atoms with Gasteiger partial charge in [0.15, 0.2) is 0 Å². The summed E-state index contributed by atoms with van der Waals surface area (Å²) in [7, 11) is 0. The topological polar surface area (TPSA) is 42.7 Å². The largest absolute Gasteiger partial charge is 0.353 e.